The second kappa shape index (κ2) is 9.84. The Morgan fingerprint density at radius 3 is 2.69 bits per heavy atom. The summed E-state index contributed by atoms with van der Waals surface area (Å²) >= 11 is 0. The topological polar surface area (TPSA) is 108 Å². The van der Waals surface area contributed by atoms with Gasteiger partial charge in [-0.25, -0.2) is 0 Å². The molecule has 2 rings (SSSR count). The smallest absolute Gasteiger partial charge is 0.253 e. The molecule has 1 amide bonds. The molecule has 7 nitrogen and oxygen atoms in total. The molecular weight excluding hydrogens is 334 g/mol. The highest BCUT2D eigenvalue weighted by Crippen LogP contribution is 2.18. The SMILES string of the molecule is CCCCc1noc(C)c1C=Cc1ccc(C(=O)NC(CO)CO)cn1. The van der Waals surface area contributed by atoms with Crippen molar-refractivity contribution in [1.82, 2.24) is 15.5 Å². The molecule has 0 bridgehead atoms. The Bertz CT molecular complexity index is 734. The highest BCUT2D eigenvalue weighted by atomic mass is 16.5. The third kappa shape index (κ3) is 5.24. The van der Waals surface area contributed by atoms with E-state index in [4.69, 9.17) is 14.7 Å². The van der Waals surface area contributed by atoms with Crippen molar-refractivity contribution in [2.75, 3.05) is 13.2 Å². The number of carbonyl (C=O) groups is 1. The summed E-state index contributed by atoms with van der Waals surface area (Å²) in [5.74, 6) is 0.375. The van der Waals surface area contributed by atoms with Crippen LogP contribution in [-0.2, 0) is 6.42 Å². The molecule has 0 radical (unpaired) electrons. The van der Waals surface area contributed by atoms with Crippen molar-refractivity contribution in [1.29, 1.82) is 0 Å². The average molecular weight is 359 g/mol. The quantitative estimate of drug-likeness (QED) is 0.632. The molecule has 0 aliphatic carbocycles. The largest absolute Gasteiger partial charge is 0.394 e. The second-order valence-corrected chi connectivity index (χ2v) is 6.04. The van der Waals surface area contributed by atoms with Gasteiger partial charge in [0.25, 0.3) is 5.91 Å². The molecule has 7 heteroatoms. The maximum Gasteiger partial charge on any atom is 0.253 e. The van der Waals surface area contributed by atoms with Crippen molar-refractivity contribution in [3.05, 3.63) is 46.6 Å². The predicted octanol–water partition coefficient (Wildman–Crippen LogP) is 1.97. The minimum atomic E-state index is -0.680. The van der Waals surface area contributed by atoms with Gasteiger partial charge in [-0.2, -0.15) is 0 Å². The molecule has 0 atom stereocenters. The van der Waals surface area contributed by atoms with E-state index in [1.165, 1.54) is 6.20 Å². The molecular formula is C19H25N3O4. The molecule has 0 unspecified atom stereocenters. The molecule has 2 aromatic heterocycles. The number of hydrogen-bond donors (Lipinski definition) is 3. The van der Waals surface area contributed by atoms with E-state index in [1.807, 2.05) is 19.1 Å². The van der Waals surface area contributed by atoms with E-state index < -0.39 is 11.9 Å². The first-order chi connectivity index (χ1) is 12.6. The Morgan fingerprint density at radius 2 is 2.08 bits per heavy atom. The molecule has 0 aromatic carbocycles. The normalized spacial score (nSPS) is 11.4. The number of aliphatic hydroxyl groups excluding tert-OH is 2. The number of amides is 1. The molecule has 0 aliphatic rings. The van der Waals surface area contributed by atoms with Crippen LogP contribution in [0.1, 0.15) is 52.8 Å². The van der Waals surface area contributed by atoms with E-state index in [2.05, 4.69) is 22.4 Å². The van der Waals surface area contributed by atoms with Gasteiger partial charge >= 0.3 is 0 Å². The Kier molecular flexibility index (Phi) is 7.50. The summed E-state index contributed by atoms with van der Waals surface area (Å²) in [5, 5.41) is 24.7. The summed E-state index contributed by atoms with van der Waals surface area (Å²) in [6.07, 6.45) is 8.24. The van der Waals surface area contributed by atoms with E-state index in [0.717, 1.165) is 36.3 Å². The highest BCUT2D eigenvalue weighted by Gasteiger charge is 2.12. The molecule has 0 saturated heterocycles. The standard InChI is InChI=1S/C19H25N3O4/c1-3-4-5-18-17(13(2)26-22-18)9-8-15-7-6-14(10-20-15)19(25)21-16(11-23)12-24/h6-10,16,23-24H,3-5,11-12H2,1-2H3,(H,21,25). The van der Waals surface area contributed by atoms with Gasteiger partial charge in [-0.3, -0.25) is 9.78 Å². The zero-order valence-electron chi connectivity index (χ0n) is 15.1. The lowest BCUT2D eigenvalue weighted by atomic mass is 10.1. The van der Waals surface area contributed by atoms with Crippen molar-refractivity contribution >= 4 is 18.1 Å². The van der Waals surface area contributed by atoms with Crippen molar-refractivity contribution in [2.24, 2.45) is 0 Å². The van der Waals surface area contributed by atoms with Gasteiger partial charge < -0.3 is 20.1 Å². The van der Waals surface area contributed by atoms with E-state index >= 15 is 0 Å². The van der Waals surface area contributed by atoms with Crippen LogP contribution in [0, 0.1) is 6.92 Å². The average Bonchev–Trinajstić information content (AvgIpc) is 3.02. The molecule has 0 spiro atoms. The number of unbranched alkanes of at least 4 members (excludes halogenated alkanes) is 1. The van der Waals surface area contributed by atoms with Gasteiger partial charge in [0.2, 0.25) is 0 Å². The second-order valence-electron chi connectivity index (χ2n) is 6.04. The van der Waals surface area contributed by atoms with Gasteiger partial charge in [-0.15, -0.1) is 0 Å². The molecule has 0 aliphatic heterocycles. The number of rotatable bonds is 9. The fraction of sp³-hybridized carbons (Fsp3) is 0.421. The number of pyridine rings is 1. The lowest BCUT2D eigenvalue weighted by Gasteiger charge is -2.12. The first-order valence-corrected chi connectivity index (χ1v) is 8.70. The summed E-state index contributed by atoms with van der Waals surface area (Å²) in [5.41, 5.74) is 2.97. The van der Waals surface area contributed by atoms with Crippen LogP contribution >= 0.6 is 0 Å². The Hall–Kier alpha value is -2.51. The van der Waals surface area contributed by atoms with Crippen LogP contribution in [-0.4, -0.2) is 45.5 Å². The molecule has 26 heavy (non-hydrogen) atoms. The van der Waals surface area contributed by atoms with Crippen molar-refractivity contribution in [3.8, 4) is 0 Å². The molecule has 2 aromatic rings. The lowest BCUT2D eigenvalue weighted by Crippen LogP contribution is -2.40. The number of aliphatic hydroxyl groups is 2. The summed E-state index contributed by atoms with van der Waals surface area (Å²) in [7, 11) is 0. The zero-order valence-corrected chi connectivity index (χ0v) is 15.1. The van der Waals surface area contributed by atoms with E-state index in [-0.39, 0.29) is 13.2 Å². The van der Waals surface area contributed by atoms with Crippen LogP contribution in [0.4, 0.5) is 0 Å². The van der Waals surface area contributed by atoms with Crippen molar-refractivity contribution < 1.29 is 19.5 Å². The monoisotopic (exact) mass is 359 g/mol. The molecule has 0 saturated carbocycles. The maximum atomic E-state index is 12.0. The Labute approximate surface area is 152 Å². The van der Waals surface area contributed by atoms with Crippen LogP contribution in [0.5, 0.6) is 0 Å². The fourth-order valence-electron chi connectivity index (χ4n) is 2.39. The lowest BCUT2D eigenvalue weighted by molar-refractivity contribution is 0.0879. The third-order valence-electron chi connectivity index (χ3n) is 4.00. The van der Waals surface area contributed by atoms with Gasteiger partial charge in [-0.05, 0) is 44.1 Å². The van der Waals surface area contributed by atoms with Crippen LogP contribution in [0.15, 0.2) is 22.9 Å². The zero-order chi connectivity index (χ0) is 18.9. The number of nitrogens with one attached hydrogen (secondary N) is 1. The van der Waals surface area contributed by atoms with Crippen LogP contribution in [0.3, 0.4) is 0 Å². The molecule has 0 fully saturated rings. The van der Waals surface area contributed by atoms with E-state index in [0.29, 0.717) is 11.3 Å². The molecule has 3 N–H and O–H groups in total. The van der Waals surface area contributed by atoms with Crippen LogP contribution in [0.2, 0.25) is 0 Å². The number of hydrogen-bond acceptors (Lipinski definition) is 6. The summed E-state index contributed by atoms with van der Waals surface area (Å²) < 4.78 is 5.27. The number of nitrogens with zero attached hydrogens (tertiary/aromatic N) is 2. The highest BCUT2D eigenvalue weighted by molar-refractivity contribution is 5.94. The molecule has 2 heterocycles. The first kappa shape index (κ1) is 19.8. The minimum absolute atomic E-state index is 0.324. The number of aryl methyl sites for hydroxylation is 2. The maximum absolute atomic E-state index is 12.0. The fourth-order valence-corrected chi connectivity index (χ4v) is 2.39. The number of carbonyl (C=O) groups excluding carboxylic acids is 1. The predicted molar refractivity (Wildman–Crippen MR) is 98.4 cm³/mol. The van der Waals surface area contributed by atoms with Crippen molar-refractivity contribution in [3.63, 3.8) is 0 Å². The minimum Gasteiger partial charge on any atom is -0.394 e. The van der Waals surface area contributed by atoms with Crippen molar-refractivity contribution in [2.45, 2.75) is 39.2 Å². The Balaban J connectivity index is 2.06. The van der Waals surface area contributed by atoms with Crippen LogP contribution < -0.4 is 5.32 Å². The number of aromatic nitrogens is 2. The first-order valence-electron chi connectivity index (χ1n) is 8.70. The Morgan fingerprint density at radius 1 is 1.31 bits per heavy atom. The van der Waals surface area contributed by atoms with E-state index in [9.17, 15) is 4.79 Å². The van der Waals surface area contributed by atoms with Gasteiger partial charge in [0.05, 0.1) is 36.2 Å². The van der Waals surface area contributed by atoms with Crippen LogP contribution in [0.25, 0.3) is 12.2 Å². The summed E-state index contributed by atoms with van der Waals surface area (Å²) in [4.78, 5) is 16.3. The summed E-state index contributed by atoms with van der Waals surface area (Å²) in [6, 6.07) is 2.69. The van der Waals surface area contributed by atoms with E-state index in [1.54, 1.807) is 12.1 Å². The van der Waals surface area contributed by atoms with Gasteiger partial charge in [-0.1, -0.05) is 18.5 Å². The van der Waals surface area contributed by atoms with Gasteiger partial charge in [0, 0.05) is 11.8 Å². The van der Waals surface area contributed by atoms with Gasteiger partial charge in [0.1, 0.15) is 5.76 Å². The van der Waals surface area contributed by atoms with Gasteiger partial charge in [0.15, 0.2) is 0 Å². The third-order valence-corrected chi connectivity index (χ3v) is 4.00. The molecule has 140 valence electrons. The summed E-state index contributed by atoms with van der Waals surface area (Å²) in [6.45, 7) is 3.36.